The van der Waals surface area contributed by atoms with Gasteiger partial charge in [-0.3, -0.25) is 0 Å². The van der Waals surface area contributed by atoms with Crippen molar-refractivity contribution in [3.8, 4) is 6.07 Å². The van der Waals surface area contributed by atoms with Crippen LogP contribution >= 0.6 is 11.3 Å². The predicted molar refractivity (Wildman–Crippen MR) is 54.8 cm³/mol. The van der Waals surface area contributed by atoms with E-state index in [1.165, 1.54) is 11.3 Å². The van der Waals surface area contributed by atoms with Crippen LogP contribution in [0.5, 0.6) is 0 Å². The van der Waals surface area contributed by atoms with Crippen molar-refractivity contribution < 1.29 is 5.21 Å². The largest absolute Gasteiger partial charge is 0.410 e. The lowest BCUT2D eigenvalue weighted by atomic mass is 9.93. The third kappa shape index (κ3) is 2.09. The van der Waals surface area contributed by atoms with E-state index in [0.29, 0.717) is 5.01 Å². The van der Waals surface area contributed by atoms with Gasteiger partial charge in [0, 0.05) is 10.8 Å². The van der Waals surface area contributed by atoms with E-state index in [2.05, 4.69) is 10.1 Å². The first-order chi connectivity index (χ1) is 6.49. The molecule has 0 saturated carbocycles. The van der Waals surface area contributed by atoms with Crippen LogP contribution < -0.4 is 0 Å². The van der Waals surface area contributed by atoms with Gasteiger partial charge in [-0.25, -0.2) is 4.98 Å². The Hall–Kier alpha value is -1.41. The summed E-state index contributed by atoms with van der Waals surface area (Å²) in [5.74, 6) is 0. The fourth-order valence-electron chi connectivity index (χ4n) is 0.840. The van der Waals surface area contributed by atoms with Crippen molar-refractivity contribution in [2.75, 3.05) is 0 Å². The Morgan fingerprint density at radius 3 is 2.64 bits per heavy atom. The first kappa shape index (κ1) is 10.7. The summed E-state index contributed by atoms with van der Waals surface area (Å²) < 4.78 is 0. The van der Waals surface area contributed by atoms with E-state index in [1.54, 1.807) is 6.07 Å². The van der Waals surface area contributed by atoms with Gasteiger partial charge >= 0.3 is 0 Å². The molecule has 1 N–H and O–H groups in total. The van der Waals surface area contributed by atoms with Crippen LogP contribution in [-0.4, -0.2) is 15.9 Å². The van der Waals surface area contributed by atoms with E-state index >= 15 is 0 Å². The number of hydrogen-bond acceptors (Lipinski definition) is 5. The molecule has 0 saturated heterocycles. The van der Waals surface area contributed by atoms with Crippen molar-refractivity contribution in [1.29, 1.82) is 5.26 Å². The summed E-state index contributed by atoms with van der Waals surface area (Å²) in [6.45, 7) is 6.11. The van der Waals surface area contributed by atoms with Gasteiger partial charge in [-0.1, -0.05) is 25.9 Å². The van der Waals surface area contributed by atoms with E-state index in [4.69, 9.17) is 10.5 Å². The molecule has 14 heavy (non-hydrogen) atoms. The van der Waals surface area contributed by atoms with Gasteiger partial charge in [0.15, 0.2) is 5.01 Å². The number of rotatable bonds is 1. The predicted octanol–water partition coefficient (Wildman–Crippen LogP) is 2.14. The van der Waals surface area contributed by atoms with E-state index < -0.39 is 0 Å². The van der Waals surface area contributed by atoms with E-state index in [0.717, 1.165) is 5.69 Å². The zero-order valence-electron chi connectivity index (χ0n) is 8.27. The standard InChI is InChI=1S/C9H11N3OS/c1-9(2,3)7-5-14-8(11-7)6(4-10)12-13/h5,13H,1-3H3/b12-6+. The minimum atomic E-state index is -0.0508. The van der Waals surface area contributed by atoms with Crippen LogP contribution in [-0.2, 0) is 5.41 Å². The minimum absolute atomic E-state index is 0.0366. The highest BCUT2D eigenvalue weighted by molar-refractivity contribution is 7.12. The molecule has 0 aromatic carbocycles. The molecule has 1 aromatic rings. The Bertz CT molecular complexity index is 395. The highest BCUT2D eigenvalue weighted by Crippen LogP contribution is 2.23. The van der Waals surface area contributed by atoms with Crippen LogP contribution in [0.3, 0.4) is 0 Å². The number of nitrogens with zero attached hydrogens (tertiary/aromatic N) is 3. The van der Waals surface area contributed by atoms with Crippen molar-refractivity contribution in [2.24, 2.45) is 5.16 Å². The molecule has 0 aliphatic carbocycles. The molecule has 0 atom stereocenters. The third-order valence-corrected chi connectivity index (χ3v) is 2.53. The number of oxime groups is 1. The highest BCUT2D eigenvalue weighted by Gasteiger charge is 2.19. The molecule has 4 nitrogen and oxygen atoms in total. The first-order valence-corrected chi connectivity index (χ1v) is 4.95. The Morgan fingerprint density at radius 1 is 1.64 bits per heavy atom. The molecule has 1 heterocycles. The summed E-state index contributed by atoms with van der Waals surface area (Å²) >= 11 is 1.31. The van der Waals surface area contributed by atoms with Crippen molar-refractivity contribution in [3.63, 3.8) is 0 Å². The molecule has 0 bridgehead atoms. The molecule has 1 rings (SSSR count). The molecular weight excluding hydrogens is 198 g/mol. The quantitative estimate of drug-likeness (QED) is 0.437. The Balaban J connectivity index is 3.07. The van der Waals surface area contributed by atoms with Gasteiger partial charge in [-0.05, 0) is 0 Å². The maximum Gasteiger partial charge on any atom is 0.215 e. The maximum atomic E-state index is 8.62. The summed E-state index contributed by atoms with van der Waals surface area (Å²) in [7, 11) is 0. The van der Waals surface area contributed by atoms with Gasteiger partial charge in [0.05, 0.1) is 5.69 Å². The van der Waals surface area contributed by atoms with Crippen LogP contribution in [0.2, 0.25) is 0 Å². The summed E-state index contributed by atoms with van der Waals surface area (Å²) in [6.07, 6.45) is 0. The molecule has 0 amide bonds. The highest BCUT2D eigenvalue weighted by atomic mass is 32.1. The van der Waals surface area contributed by atoms with Gasteiger partial charge < -0.3 is 5.21 Å². The van der Waals surface area contributed by atoms with E-state index in [9.17, 15) is 0 Å². The van der Waals surface area contributed by atoms with Crippen molar-refractivity contribution >= 4 is 17.0 Å². The SMILES string of the molecule is CC(C)(C)c1csc(/C(C#N)=N/O)n1. The number of hydrogen-bond donors (Lipinski definition) is 1. The molecule has 0 aliphatic heterocycles. The number of nitriles is 1. The number of aromatic nitrogens is 1. The summed E-state index contributed by atoms with van der Waals surface area (Å²) in [4.78, 5) is 4.23. The molecule has 1 aromatic heterocycles. The number of thiazole rings is 1. The van der Waals surface area contributed by atoms with Crippen LogP contribution in [0, 0.1) is 11.3 Å². The lowest BCUT2D eigenvalue weighted by Crippen LogP contribution is -2.12. The normalized spacial score (nSPS) is 12.6. The van der Waals surface area contributed by atoms with Crippen LogP contribution in [0.25, 0.3) is 0 Å². The summed E-state index contributed by atoms with van der Waals surface area (Å²) in [5, 5.41) is 22.3. The average Bonchev–Trinajstić information content (AvgIpc) is 2.54. The zero-order valence-corrected chi connectivity index (χ0v) is 9.09. The molecule has 5 heteroatoms. The Kier molecular flexibility index (Phi) is 2.87. The monoisotopic (exact) mass is 209 g/mol. The van der Waals surface area contributed by atoms with Crippen LogP contribution in [0.1, 0.15) is 31.5 Å². The van der Waals surface area contributed by atoms with Gasteiger partial charge in [-0.15, -0.1) is 11.3 Å². The second kappa shape index (κ2) is 3.76. The fourth-order valence-corrected chi connectivity index (χ4v) is 1.82. The van der Waals surface area contributed by atoms with Gasteiger partial charge in [0.25, 0.3) is 0 Å². The maximum absolute atomic E-state index is 8.62. The molecule has 74 valence electrons. The Morgan fingerprint density at radius 2 is 2.29 bits per heavy atom. The molecule has 0 fully saturated rings. The molecule has 0 spiro atoms. The molecule has 0 radical (unpaired) electrons. The summed E-state index contributed by atoms with van der Waals surface area (Å²) in [6, 6.07) is 1.78. The minimum Gasteiger partial charge on any atom is -0.410 e. The molecular formula is C9H11N3OS. The topological polar surface area (TPSA) is 69.3 Å². The Labute approximate surface area is 86.5 Å². The lowest BCUT2D eigenvalue weighted by molar-refractivity contribution is 0.320. The molecule has 0 unspecified atom stereocenters. The van der Waals surface area contributed by atoms with Gasteiger partial charge in [0.1, 0.15) is 6.07 Å². The third-order valence-electron chi connectivity index (χ3n) is 1.68. The lowest BCUT2D eigenvalue weighted by Gasteiger charge is -2.13. The fraction of sp³-hybridized carbons (Fsp3) is 0.444. The summed E-state index contributed by atoms with van der Waals surface area (Å²) in [5.41, 5.74) is 0.810. The smallest absolute Gasteiger partial charge is 0.215 e. The van der Waals surface area contributed by atoms with E-state index in [1.807, 2.05) is 26.2 Å². The van der Waals surface area contributed by atoms with Crippen molar-refractivity contribution in [2.45, 2.75) is 26.2 Å². The second-order valence-electron chi connectivity index (χ2n) is 3.85. The van der Waals surface area contributed by atoms with Crippen LogP contribution in [0.15, 0.2) is 10.5 Å². The zero-order chi connectivity index (χ0) is 10.8. The second-order valence-corrected chi connectivity index (χ2v) is 4.71. The van der Waals surface area contributed by atoms with Gasteiger partial charge in [0.2, 0.25) is 5.71 Å². The van der Waals surface area contributed by atoms with Crippen LogP contribution in [0.4, 0.5) is 0 Å². The average molecular weight is 209 g/mol. The first-order valence-electron chi connectivity index (χ1n) is 4.07. The molecule has 0 aliphatic rings. The van der Waals surface area contributed by atoms with Gasteiger partial charge in [-0.2, -0.15) is 5.26 Å². The van der Waals surface area contributed by atoms with E-state index in [-0.39, 0.29) is 11.1 Å². The van der Waals surface area contributed by atoms with Crippen molar-refractivity contribution in [3.05, 3.63) is 16.1 Å². The van der Waals surface area contributed by atoms with Crippen molar-refractivity contribution in [1.82, 2.24) is 4.98 Å².